The number of aliphatic hydroxyl groups is 1. The second kappa shape index (κ2) is 1.95. The number of hydrogen-bond acceptors (Lipinski definition) is 2. The summed E-state index contributed by atoms with van der Waals surface area (Å²) >= 11 is 0. The van der Waals surface area contributed by atoms with E-state index in [2.05, 4.69) is 4.90 Å². The highest BCUT2D eigenvalue weighted by molar-refractivity contribution is 5.03. The zero-order chi connectivity index (χ0) is 7.19. The molecular weight excluding hydrogens is 126 g/mol. The monoisotopic (exact) mass is 141 g/mol. The molecule has 0 spiro atoms. The molecule has 2 fully saturated rings. The molecule has 2 nitrogen and oxygen atoms in total. The van der Waals surface area contributed by atoms with Crippen molar-refractivity contribution in [2.24, 2.45) is 0 Å². The minimum Gasteiger partial charge on any atom is -0.387 e. The average molecular weight is 141 g/mol. The van der Waals surface area contributed by atoms with Crippen LogP contribution in [0.2, 0.25) is 0 Å². The van der Waals surface area contributed by atoms with E-state index < -0.39 is 0 Å². The molecule has 0 aliphatic carbocycles. The second-order valence-electron chi connectivity index (χ2n) is 3.84. The molecular formula is C8H15NO. The lowest BCUT2D eigenvalue weighted by molar-refractivity contribution is -0.153. The Kier molecular flexibility index (Phi) is 1.29. The van der Waals surface area contributed by atoms with Gasteiger partial charge in [0.05, 0.1) is 5.60 Å². The van der Waals surface area contributed by atoms with Crippen molar-refractivity contribution in [2.75, 3.05) is 13.1 Å². The Balaban J connectivity index is 2.01. The van der Waals surface area contributed by atoms with Gasteiger partial charge in [-0.05, 0) is 26.3 Å². The largest absolute Gasteiger partial charge is 0.387 e. The number of piperidine rings is 1. The first kappa shape index (κ1) is 6.62. The van der Waals surface area contributed by atoms with Crippen LogP contribution in [0, 0.1) is 0 Å². The highest BCUT2D eigenvalue weighted by atomic mass is 16.3. The molecule has 0 bridgehead atoms. The molecule has 2 aliphatic rings. The van der Waals surface area contributed by atoms with Crippen LogP contribution in [0.3, 0.4) is 0 Å². The minimum absolute atomic E-state index is 0.361. The fourth-order valence-electron chi connectivity index (χ4n) is 2.29. The first-order valence-electron chi connectivity index (χ1n) is 4.16. The van der Waals surface area contributed by atoms with Gasteiger partial charge in [0.1, 0.15) is 0 Å². The van der Waals surface area contributed by atoms with Crippen molar-refractivity contribution in [1.29, 1.82) is 0 Å². The predicted octanol–water partition coefficient (Wildman–Crippen LogP) is 0.606. The van der Waals surface area contributed by atoms with Crippen LogP contribution in [-0.2, 0) is 0 Å². The molecule has 0 aromatic heterocycles. The van der Waals surface area contributed by atoms with Gasteiger partial charge in [0.25, 0.3) is 0 Å². The third kappa shape index (κ3) is 0.789. The summed E-state index contributed by atoms with van der Waals surface area (Å²) in [6.45, 7) is 4.07. The molecule has 2 saturated heterocycles. The first-order valence-corrected chi connectivity index (χ1v) is 4.16. The van der Waals surface area contributed by atoms with E-state index in [-0.39, 0.29) is 5.60 Å². The molecule has 2 heterocycles. The zero-order valence-electron chi connectivity index (χ0n) is 6.51. The summed E-state index contributed by atoms with van der Waals surface area (Å²) in [6, 6.07) is 0.487. The van der Waals surface area contributed by atoms with Crippen LogP contribution < -0.4 is 0 Å². The van der Waals surface area contributed by atoms with Gasteiger partial charge in [0.2, 0.25) is 0 Å². The molecule has 0 aromatic carbocycles. The molecule has 2 heteroatoms. The van der Waals surface area contributed by atoms with Crippen LogP contribution in [0.25, 0.3) is 0 Å². The Hall–Kier alpha value is -0.0800. The number of rotatable bonds is 0. The molecule has 2 atom stereocenters. The van der Waals surface area contributed by atoms with Gasteiger partial charge in [-0.15, -0.1) is 0 Å². The van der Waals surface area contributed by atoms with Crippen molar-refractivity contribution >= 4 is 0 Å². The van der Waals surface area contributed by atoms with Crippen LogP contribution in [0.4, 0.5) is 0 Å². The summed E-state index contributed by atoms with van der Waals surface area (Å²) in [6.07, 6.45) is 3.83. The molecule has 0 amide bonds. The highest BCUT2D eigenvalue weighted by Gasteiger charge is 2.47. The van der Waals surface area contributed by atoms with E-state index in [4.69, 9.17) is 0 Å². The van der Waals surface area contributed by atoms with Crippen LogP contribution in [0.15, 0.2) is 0 Å². The Morgan fingerprint density at radius 1 is 1.50 bits per heavy atom. The Bertz CT molecular complexity index is 144. The maximum Gasteiger partial charge on any atom is 0.0900 e. The first-order chi connectivity index (χ1) is 4.70. The fourth-order valence-corrected chi connectivity index (χ4v) is 2.29. The quantitative estimate of drug-likeness (QED) is 0.534. The van der Waals surface area contributed by atoms with E-state index in [1.54, 1.807) is 0 Å². The van der Waals surface area contributed by atoms with E-state index >= 15 is 0 Å². The molecule has 2 unspecified atom stereocenters. The molecule has 58 valence electrons. The van der Waals surface area contributed by atoms with Crippen molar-refractivity contribution in [3.05, 3.63) is 0 Å². The Morgan fingerprint density at radius 3 is 2.80 bits per heavy atom. The summed E-state index contributed by atoms with van der Waals surface area (Å²) < 4.78 is 0. The summed E-state index contributed by atoms with van der Waals surface area (Å²) in [5, 5.41) is 9.67. The molecule has 10 heavy (non-hydrogen) atoms. The van der Waals surface area contributed by atoms with Gasteiger partial charge >= 0.3 is 0 Å². The van der Waals surface area contributed by atoms with Gasteiger partial charge in [-0.25, -0.2) is 0 Å². The molecule has 0 aromatic rings. The summed E-state index contributed by atoms with van der Waals surface area (Å²) in [5.74, 6) is 0. The normalized spacial score (nSPS) is 48.0. The molecule has 0 radical (unpaired) electrons. The average Bonchev–Trinajstić information content (AvgIpc) is 1.86. The molecule has 1 N–H and O–H groups in total. The molecule has 2 aliphatic heterocycles. The fraction of sp³-hybridized carbons (Fsp3) is 1.00. The van der Waals surface area contributed by atoms with Gasteiger partial charge in [0, 0.05) is 12.6 Å². The van der Waals surface area contributed by atoms with Gasteiger partial charge in [-0.1, -0.05) is 6.42 Å². The van der Waals surface area contributed by atoms with E-state index in [9.17, 15) is 5.11 Å². The third-order valence-electron chi connectivity index (χ3n) is 2.85. The lowest BCUT2D eigenvalue weighted by Gasteiger charge is -2.55. The van der Waals surface area contributed by atoms with Crippen molar-refractivity contribution in [1.82, 2.24) is 4.90 Å². The summed E-state index contributed by atoms with van der Waals surface area (Å²) in [4.78, 5) is 2.39. The molecule has 0 saturated carbocycles. The number of nitrogens with zero attached hydrogens (tertiary/aromatic N) is 1. The van der Waals surface area contributed by atoms with Crippen molar-refractivity contribution in [3.8, 4) is 0 Å². The lowest BCUT2D eigenvalue weighted by atomic mass is 9.79. The minimum atomic E-state index is -0.361. The standard InChI is InChI=1S/C8H15NO/c1-8(10)6-9-5-3-2-4-7(8)9/h7,10H,2-6H2,1H3. The van der Waals surface area contributed by atoms with Crippen molar-refractivity contribution in [3.63, 3.8) is 0 Å². The Labute approximate surface area is 61.8 Å². The van der Waals surface area contributed by atoms with Crippen LogP contribution in [0.1, 0.15) is 26.2 Å². The van der Waals surface area contributed by atoms with Gasteiger partial charge in [0.15, 0.2) is 0 Å². The van der Waals surface area contributed by atoms with E-state index in [1.807, 2.05) is 6.92 Å². The second-order valence-corrected chi connectivity index (χ2v) is 3.84. The van der Waals surface area contributed by atoms with Gasteiger partial charge in [-0.3, -0.25) is 4.90 Å². The predicted molar refractivity (Wildman–Crippen MR) is 39.8 cm³/mol. The third-order valence-corrected chi connectivity index (χ3v) is 2.85. The van der Waals surface area contributed by atoms with Crippen molar-refractivity contribution in [2.45, 2.75) is 37.8 Å². The number of hydrogen-bond donors (Lipinski definition) is 1. The van der Waals surface area contributed by atoms with E-state index in [0.717, 1.165) is 6.54 Å². The van der Waals surface area contributed by atoms with Crippen LogP contribution >= 0.6 is 0 Å². The summed E-state index contributed by atoms with van der Waals surface area (Å²) in [5.41, 5.74) is -0.361. The topological polar surface area (TPSA) is 23.5 Å². The highest BCUT2D eigenvalue weighted by Crippen LogP contribution is 2.35. The Morgan fingerprint density at radius 2 is 2.30 bits per heavy atom. The van der Waals surface area contributed by atoms with Gasteiger partial charge in [-0.2, -0.15) is 0 Å². The van der Waals surface area contributed by atoms with E-state index in [0.29, 0.717) is 6.04 Å². The van der Waals surface area contributed by atoms with E-state index in [1.165, 1.54) is 25.8 Å². The van der Waals surface area contributed by atoms with Crippen LogP contribution in [0.5, 0.6) is 0 Å². The van der Waals surface area contributed by atoms with Crippen molar-refractivity contribution < 1.29 is 5.11 Å². The SMILES string of the molecule is CC1(O)CN2CCCCC21. The number of fused-ring (bicyclic) bond motifs is 1. The van der Waals surface area contributed by atoms with Crippen LogP contribution in [-0.4, -0.2) is 34.7 Å². The summed E-state index contributed by atoms with van der Waals surface area (Å²) in [7, 11) is 0. The smallest absolute Gasteiger partial charge is 0.0900 e. The van der Waals surface area contributed by atoms with Gasteiger partial charge < -0.3 is 5.11 Å². The maximum atomic E-state index is 9.67. The lowest BCUT2D eigenvalue weighted by Crippen LogP contribution is -2.69. The molecule has 2 rings (SSSR count). The maximum absolute atomic E-state index is 9.67. The zero-order valence-corrected chi connectivity index (χ0v) is 6.51.